The van der Waals surface area contributed by atoms with Crippen LogP contribution < -0.4 is 5.32 Å². The van der Waals surface area contributed by atoms with Crippen molar-refractivity contribution in [2.24, 2.45) is 0 Å². The number of amides is 1. The highest BCUT2D eigenvalue weighted by Gasteiger charge is 2.29. The van der Waals surface area contributed by atoms with Crippen molar-refractivity contribution in [1.82, 2.24) is 15.1 Å². The molecular formula is C16H29N3O. The molecule has 3 rings (SSSR count). The van der Waals surface area contributed by atoms with Gasteiger partial charge in [-0.25, -0.2) is 0 Å². The standard InChI is InChI=1S/C16H29N3O/c20-16(15-7-1-2-9-17-15)19-12-5-6-14(8-13-19)18-10-3-4-11-18/h14-15,17H,1-13H2. The van der Waals surface area contributed by atoms with Gasteiger partial charge >= 0.3 is 0 Å². The van der Waals surface area contributed by atoms with Gasteiger partial charge in [-0.05, 0) is 64.6 Å². The van der Waals surface area contributed by atoms with Crippen molar-refractivity contribution in [3.05, 3.63) is 0 Å². The lowest BCUT2D eigenvalue weighted by atomic mass is 10.0. The molecule has 4 heteroatoms. The highest BCUT2D eigenvalue weighted by Crippen LogP contribution is 2.22. The molecule has 0 aromatic heterocycles. The molecule has 3 aliphatic rings. The number of carbonyl (C=O) groups is 1. The SMILES string of the molecule is O=C(C1CCCCN1)N1CCCC(N2CCCC2)CC1. The van der Waals surface area contributed by atoms with Crippen molar-refractivity contribution < 1.29 is 4.79 Å². The summed E-state index contributed by atoms with van der Waals surface area (Å²) in [6.45, 7) is 5.52. The number of nitrogens with one attached hydrogen (secondary N) is 1. The van der Waals surface area contributed by atoms with Crippen molar-refractivity contribution in [3.8, 4) is 0 Å². The fourth-order valence-electron chi connectivity index (χ4n) is 4.05. The van der Waals surface area contributed by atoms with E-state index in [2.05, 4.69) is 15.1 Å². The molecule has 0 aromatic carbocycles. The third-order valence-corrected chi connectivity index (χ3v) is 5.27. The molecule has 0 radical (unpaired) electrons. The molecule has 0 aliphatic carbocycles. The van der Waals surface area contributed by atoms with E-state index in [0.29, 0.717) is 5.91 Å². The minimum atomic E-state index is 0.104. The summed E-state index contributed by atoms with van der Waals surface area (Å²) in [4.78, 5) is 17.4. The Balaban J connectivity index is 1.52. The molecular weight excluding hydrogens is 250 g/mol. The summed E-state index contributed by atoms with van der Waals surface area (Å²) in [7, 11) is 0. The maximum absolute atomic E-state index is 12.6. The van der Waals surface area contributed by atoms with Gasteiger partial charge in [-0.3, -0.25) is 4.79 Å². The van der Waals surface area contributed by atoms with Gasteiger partial charge in [0.25, 0.3) is 0 Å². The lowest BCUT2D eigenvalue weighted by Gasteiger charge is -2.30. The minimum Gasteiger partial charge on any atom is -0.341 e. The van der Waals surface area contributed by atoms with Crippen molar-refractivity contribution in [1.29, 1.82) is 0 Å². The Morgan fingerprint density at radius 3 is 2.45 bits per heavy atom. The van der Waals surface area contributed by atoms with Crippen LogP contribution in [0.1, 0.15) is 51.4 Å². The smallest absolute Gasteiger partial charge is 0.239 e. The van der Waals surface area contributed by atoms with Gasteiger partial charge in [0.2, 0.25) is 5.91 Å². The van der Waals surface area contributed by atoms with Crippen molar-refractivity contribution in [2.75, 3.05) is 32.7 Å². The molecule has 2 unspecified atom stereocenters. The van der Waals surface area contributed by atoms with Crippen LogP contribution in [0, 0.1) is 0 Å². The zero-order valence-electron chi connectivity index (χ0n) is 12.6. The number of likely N-dealkylation sites (tertiary alicyclic amines) is 2. The van der Waals surface area contributed by atoms with E-state index in [0.717, 1.165) is 32.1 Å². The average Bonchev–Trinajstić information content (AvgIpc) is 2.92. The Hall–Kier alpha value is -0.610. The summed E-state index contributed by atoms with van der Waals surface area (Å²) in [5.74, 6) is 0.367. The van der Waals surface area contributed by atoms with Gasteiger partial charge < -0.3 is 15.1 Å². The van der Waals surface area contributed by atoms with Crippen LogP contribution in [0.5, 0.6) is 0 Å². The Morgan fingerprint density at radius 1 is 0.850 bits per heavy atom. The van der Waals surface area contributed by atoms with Gasteiger partial charge in [0, 0.05) is 19.1 Å². The average molecular weight is 279 g/mol. The second kappa shape index (κ2) is 6.90. The van der Waals surface area contributed by atoms with Crippen molar-refractivity contribution in [2.45, 2.75) is 63.5 Å². The van der Waals surface area contributed by atoms with Crippen LogP contribution in [0.15, 0.2) is 0 Å². The highest BCUT2D eigenvalue weighted by molar-refractivity contribution is 5.82. The molecule has 3 heterocycles. The summed E-state index contributed by atoms with van der Waals surface area (Å²) in [6.07, 6.45) is 9.83. The number of rotatable bonds is 2. The van der Waals surface area contributed by atoms with E-state index in [1.165, 1.54) is 58.0 Å². The van der Waals surface area contributed by atoms with E-state index in [-0.39, 0.29) is 6.04 Å². The van der Waals surface area contributed by atoms with Crippen LogP contribution in [0.3, 0.4) is 0 Å². The molecule has 1 N–H and O–H groups in total. The predicted octanol–water partition coefficient (Wildman–Crippen LogP) is 1.61. The van der Waals surface area contributed by atoms with E-state index in [9.17, 15) is 4.79 Å². The lowest BCUT2D eigenvalue weighted by molar-refractivity contribution is -0.134. The van der Waals surface area contributed by atoms with Gasteiger partial charge in [-0.2, -0.15) is 0 Å². The van der Waals surface area contributed by atoms with Gasteiger partial charge in [-0.1, -0.05) is 6.42 Å². The quantitative estimate of drug-likeness (QED) is 0.834. The van der Waals surface area contributed by atoms with Crippen LogP contribution in [-0.2, 0) is 4.79 Å². The second-order valence-electron chi connectivity index (χ2n) is 6.66. The maximum atomic E-state index is 12.6. The fraction of sp³-hybridized carbons (Fsp3) is 0.938. The number of piperidine rings is 1. The van der Waals surface area contributed by atoms with Gasteiger partial charge in [0.15, 0.2) is 0 Å². The van der Waals surface area contributed by atoms with Crippen LogP contribution in [0.2, 0.25) is 0 Å². The molecule has 20 heavy (non-hydrogen) atoms. The summed E-state index contributed by atoms with van der Waals surface area (Å²) in [5.41, 5.74) is 0. The van der Waals surface area contributed by atoms with Crippen LogP contribution in [0.25, 0.3) is 0 Å². The molecule has 2 atom stereocenters. The predicted molar refractivity (Wildman–Crippen MR) is 80.7 cm³/mol. The fourth-order valence-corrected chi connectivity index (χ4v) is 4.05. The number of hydrogen-bond donors (Lipinski definition) is 1. The first-order valence-electron chi connectivity index (χ1n) is 8.61. The summed E-state index contributed by atoms with van der Waals surface area (Å²) < 4.78 is 0. The topological polar surface area (TPSA) is 35.6 Å². The molecule has 0 bridgehead atoms. The molecule has 114 valence electrons. The third kappa shape index (κ3) is 3.34. The normalized spacial score (nSPS) is 33.1. The molecule has 0 aromatic rings. The summed E-state index contributed by atoms with van der Waals surface area (Å²) >= 11 is 0. The third-order valence-electron chi connectivity index (χ3n) is 5.27. The number of carbonyl (C=O) groups excluding carboxylic acids is 1. The highest BCUT2D eigenvalue weighted by atomic mass is 16.2. The minimum absolute atomic E-state index is 0.104. The van der Waals surface area contributed by atoms with Crippen LogP contribution in [0.4, 0.5) is 0 Å². The Bertz CT molecular complexity index is 322. The molecule has 3 aliphatic heterocycles. The van der Waals surface area contributed by atoms with E-state index in [1.54, 1.807) is 0 Å². The summed E-state index contributed by atoms with van der Waals surface area (Å²) in [6, 6.07) is 0.835. The first-order chi connectivity index (χ1) is 9.84. The van der Waals surface area contributed by atoms with E-state index in [4.69, 9.17) is 0 Å². The van der Waals surface area contributed by atoms with Gasteiger partial charge in [-0.15, -0.1) is 0 Å². The van der Waals surface area contributed by atoms with E-state index in [1.807, 2.05) is 0 Å². The molecule has 3 saturated heterocycles. The zero-order chi connectivity index (χ0) is 13.8. The number of hydrogen-bond acceptors (Lipinski definition) is 3. The lowest BCUT2D eigenvalue weighted by Crippen LogP contribution is -2.49. The van der Waals surface area contributed by atoms with Crippen LogP contribution in [-0.4, -0.2) is 60.5 Å². The molecule has 1 amide bonds. The van der Waals surface area contributed by atoms with Crippen LogP contribution >= 0.6 is 0 Å². The second-order valence-corrected chi connectivity index (χ2v) is 6.66. The number of nitrogens with zero attached hydrogens (tertiary/aromatic N) is 2. The van der Waals surface area contributed by atoms with Crippen molar-refractivity contribution >= 4 is 5.91 Å². The summed E-state index contributed by atoms with van der Waals surface area (Å²) in [5, 5.41) is 3.40. The Labute approximate surface area is 122 Å². The van der Waals surface area contributed by atoms with Gasteiger partial charge in [0.1, 0.15) is 0 Å². The molecule has 0 spiro atoms. The largest absolute Gasteiger partial charge is 0.341 e. The Kier molecular flexibility index (Phi) is 4.94. The molecule has 3 fully saturated rings. The van der Waals surface area contributed by atoms with Gasteiger partial charge in [0.05, 0.1) is 6.04 Å². The Morgan fingerprint density at radius 2 is 1.70 bits per heavy atom. The van der Waals surface area contributed by atoms with Crippen molar-refractivity contribution in [3.63, 3.8) is 0 Å². The first-order valence-corrected chi connectivity index (χ1v) is 8.61. The monoisotopic (exact) mass is 279 g/mol. The van der Waals surface area contributed by atoms with E-state index < -0.39 is 0 Å². The van der Waals surface area contributed by atoms with E-state index >= 15 is 0 Å². The molecule has 0 saturated carbocycles. The first kappa shape index (κ1) is 14.3. The zero-order valence-corrected chi connectivity index (χ0v) is 12.6. The maximum Gasteiger partial charge on any atom is 0.239 e. The molecule has 4 nitrogen and oxygen atoms in total.